The molecule has 4 heteroatoms. The van der Waals surface area contributed by atoms with Crippen LogP contribution in [0.1, 0.15) is 43.7 Å². The van der Waals surface area contributed by atoms with E-state index in [-0.39, 0.29) is 24.0 Å². The quantitative estimate of drug-likeness (QED) is 0.476. The van der Waals surface area contributed by atoms with Crippen molar-refractivity contribution in [1.29, 1.82) is 0 Å². The van der Waals surface area contributed by atoms with Crippen LogP contribution >= 0.6 is 24.0 Å². The van der Waals surface area contributed by atoms with E-state index in [1.807, 2.05) is 0 Å². The van der Waals surface area contributed by atoms with Crippen molar-refractivity contribution in [2.24, 2.45) is 16.6 Å². The van der Waals surface area contributed by atoms with E-state index in [4.69, 9.17) is 5.73 Å². The van der Waals surface area contributed by atoms with E-state index >= 15 is 0 Å². The monoisotopic (exact) mass is 401 g/mol. The second-order valence-corrected chi connectivity index (χ2v) is 6.18. The number of aryl methyl sites for hydroxylation is 1. The Morgan fingerprint density at radius 1 is 1.38 bits per heavy atom. The van der Waals surface area contributed by atoms with E-state index in [1.165, 1.54) is 24.0 Å². The van der Waals surface area contributed by atoms with Crippen molar-refractivity contribution in [2.45, 2.75) is 39.5 Å². The number of piperidine rings is 1. The zero-order valence-corrected chi connectivity index (χ0v) is 15.7. The van der Waals surface area contributed by atoms with E-state index in [0.717, 1.165) is 31.5 Å². The number of likely N-dealkylation sites (tertiary alicyclic amines) is 1. The Kier molecular flexibility index (Phi) is 7.49. The molecule has 0 bridgehead atoms. The fourth-order valence-corrected chi connectivity index (χ4v) is 2.65. The highest BCUT2D eigenvalue weighted by Crippen LogP contribution is 2.18. The third-order valence-corrected chi connectivity index (χ3v) is 4.25. The molecule has 1 atom stereocenters. The second-order valence-electron chi connectivity index (χ2n) is 6.18. The molecule has 1 aromatic rings. The maximum atomic E-state index is 6.13. The first kappa shape index (κ1) is 18.3. The molecule has 0 spiro atoms. The first-order valence-corrected chi connectivity index (χ1v) is 7.67. The molecule has 1 saturated heterocycles. The second kappa shape index (κ2) is 8.61. The molecule has 0 saturated carbocycles. The molecule has 0 amide bonds. The minimum atomic E-state index is 0. The highest BCUT2D eigenvalue weighted by molar-refractivity contribution is 14.0. The minimum Gasteiger partial charge on any atom is -0.370 e. The van der Waals surface area contributed by atoms with Crippen molar-refractivity contribution in [1.82, 2.24) is 4.90 Å². The number of rotatable bonds is 3. The average molecular weight is 401 g/mol. The van der Waals surface area contributed by atoms with Crippen LogP contribution in [0.2, 0.25) is 0 Å². The highest BCUT2D eigenvalue weighted by atomic mass is 127. The van der Waals surface area contributed by atoms with Crippen LogP contribution in [-0.4, -0.2) is 30.5 Å². The molecular formula is C17H28IN3. The number of aliphatic imine (C=N–C) groups is 1. The van der Waals surface area contributed by atoms with E-state index in [1.54, 1.807) is 0 Å². The third-order valence-electron chi connectivity index (χ3n) is 4.25. The van der Waals surface area contributed by atoms with Crippen LogP contribution in [0.25, 0.3) is 0 Å². The summed E-state index contributed by atoms with van der Waals surface area (Å²) in [4.78, 5) is 6.82. The SMILES string of the molecule is Cc1cccc(C(C)CN=C(N)N2CCC(C)CC2)c1.I. The number of guanidine groups is 1. The van der Waals surface area contributed by atoms with Gasteiger partial charge in [-0.3, -0.25) is 4.99 Å². The summed E-state index contributed by atoms with van der Waals surface area (Å²) in [6.45, 7) is 9.52. The molecule has 1 aliphatic heterocycles. The van der Waals surface area contributed by atoms with Crippen LogP contribution in [0.15, 0.2) is 29.3 Å². The predicted molar refractivity (Wildman–Crippen MR) is 101 cm³/mol. The lowest BCUT2D eigenvalue weighted by Gasteiger charge is -2.31. The Bertz CT molecular complexity index is 465. The molecule has 1 fully saturated rings. The maximum absolute atomic E-state index is 6.13. The number of halogens is 1. The van der Waals surface area contributed by atoms with E-state index in [0.29, 0.717) is 5.92 Å². The van der Waals surface area contributed by atoms with Crippen LogP contribution in [0.5, 0.6) is 0 Å². The summed E-state index contributed by atoms with van der Waals surface area (Å²) < 4.78 is 0. The topological polar surface area (TPSA) is 41.6 Å². The van der Waals surface area contributed by atoms with Crippen LogP contribution in [0.3, 0.4) is 0 Å². The van der Waals surface area contributed by atoms with Gasteiger partial charge in [0.15, 0.2) is 5.96 Å². The van der Waals surface area contributed by atoms with Gasteiger partial charge in [-0.1, -0.05) is 43.7 Å². The largest absolute Gasteiger partial charge is 0.370 e. The molecular weight excluding hydrogens is 373 g/mol. The van der Waals surface area contributed by atoms with Gasteiger partial charge < -0.3 is 10.6 Å². The summed E-state index contributed by atoms with van der Waals surface area (Å²) in [5.74, 6) is 1.96. The lowest BCUT2D eigenvalue weighted by atomic mass is 9.99. The van der Waals surface area contributed by atoms with Gasteiger partial charge in [0, 0.05) is 25.6 Å². The Hall–Kier alpha value is -0.780. The lowest BCUT2D eigenvalue weighted by Crippen LogP contribution is -2.42. The zero-order chi connectivity index (χ0) is 14.5. The summed E-state index contributed by atoms with van der Waals surface area (Å²) in [5.41, 5.74) is 8.77. The lowest BCUT2D eigenvalue weighted by molar-refractivity contribution is 0.277. The molecule has 2 rings (SSSR count). The molecule has 0 radical (unpaired) electrons. The fraction of sp³-hybridized carbons (Fsp3) is 0.588. The summed E-state index contributed by atoms with van der Waals surface area (Å²) in [6, 6.07) is 8.65. The molecule has 0 aliphatic carbocycles. The Labute approximate surface area is 146 Å². The number of benzene rings is 1. The van der Waals surface area contributed by atoms with Gasteiger partial charge in [-0.2, -0.15) is 0 Å². The molecule has 1 aliphatic rings. The van der Waals surface area contributed by atoms with E-state index in [2.05, 4.69) is 54.9 Å². The van der Waals surface area contributed by atoms with Gasteiger partial charge in [0.05, 0.1) is 0 Å². The Morgan fingerprint density at radius 2 is 2.05 bits per heavy atom. The standard InChI is InChI=1S/C17H27N3.HI/c1-13-7-9-20(10-8-13)17(18)19-12-15(3)16-6-4-5-14(2)11-16;/h4-6,11,13,15H,7-10,12H2,1-3H3,(H2,18,19);1H. The van der Waals surface area contributed by atoms with Crippen LogP contribution < -0.4 is 5.73 Å². The van der Waals surface area contributed by atoms with Gasteiger partial charge in [0.25, 0.3) is 0 Å². The third kappa shape index (κ3) is 5.49. The Morgan fingerprint density at radius 3 is 2.67 bits per heavy atom. The molecule has 3 nitrogen and oxygen atoms in total. The first-order chi connectivity index (χ1) is 9.56. The number of nitrogens with zero attached hydrogens (tertiary/aromatic N) is 2. The average Bonchev–Trinajstić information content (AvgIpc) is 2.45. The first-order valence-electron chi connectivity index (χ1n) is 7.67. The smallest absolute Gasteiger partial charge is 0.191 e. The summed E-state index contributed by atoms with van der Waals surface area (Å²) >= 11 is 0. The highest BCUT2D eigenvalue weighted by Gasteiger charge is 2.17. The van der Waals surface area contributed by atoms with Gasteiger partial charge in [-0.15, -0.1) is 24.0 Å². The normalized spacial score (nSPS) is 18.2. The van der Waals surface area contributed by atoms with Gasteiger partial charge in [0.2, 0.25) is 0 Å². The van der Waals surface area contributed by atoms with Crippen molar-refractivity contribution >= 4 is 29.9 Å². The molecule has 2 N–H and O–H groups in total. The molecule has 1 heterocycles. The van der Waals surface area contributed by atoms with Gasteiger partial charge in [-0.05, 0) is 31.2 Å². The van der Waals surface area contributed by atoms with Crippen molar-refractivity contribution in [2.75, 3.05) is 19.6 Å². The maximum Gasteiger partial charge on any atom is 0.191 e. The molecule has 21 heavy (non-hydrogen) atoms. The van der Waals surface area contributed by atoms with Crippen LogP contribution in [-0.2, 0) is 0 Å². The molecule has 118 valence electrons. The van der Waals surface area contributed by atoms with Crippen molar-refractivity contribution < 1.29 is 0 Å². The van der Waals surface area contributed by atoms with Crippen molar-refractivity contribution in [3.63, 3.8) is 0 Å². The van der Waals surface area contributed by atoms with E-state index < -0.39 is 0 Å². The molecule has 1 aromatic carbocycles. The predicted octanol–water partition coefficient (Wildman–Crippen LogP) is 3.76. The fourth-order valence-electron chi connectivity index (χ4n) is 2.65. The summed E-state index contributed by atoms with van der Waals surface area (Å²) in [6.07, 6.45) is 2.45. The van der Waals surface area contributed by atoms with Crippen molar-refractivity contribution in [3.8, 4) is 0 Å². The van der Waals surface area contributed by atoms with Crippen molar-refractivity contribution in [3.05, 3.63) is 35.4 Å². The van der Waals surface area contributed by atoms with Gasteiger partial charge in [0.1, 0.15) is 0 Å². The molecule has 0 aromatic heterocycles. The molecule has 1 unspecified atom stereocenters. The van der Waals surface area contributed by atoms with Gasteiger partial charge in [-0.25, -0.2) is 0 Å². The summed E-state index contributed by atoms with van der Waals surface area (Å²) in [7, 11) is 0. The minimum absolute atomic E-state index is 0. The number of hydrogen-bond donors (Lipinski definition) is 1. The van der Waals surface area contributed by atoms with Gasteiger partial charge >= 0.3 is 0 Å². The van der Waals surface area contributed by atoms with E-state index in [9.17, 15) is 0 Å². The summed E-state index contributed by atoms with van der Waals surface area (Å²) in [5, 5.41) is 0. The van der Waals surface area contributed by atoms with Crippen LogP contribution in [0, 0.1) is 12.8 Å². The number of nitrogens with two attached hydrogens (primary N) is 1. The Balaban J connectivity index is 0.00000220. The van der Waals surface area contributed by atoms with Crippen LogP contribution in [0.4, 0.5) is 0 Å². The number of hydrogen-bond acceptors (Lipinski definition) is 1. The zero-order valence-electron chi connectivity index (χ0n) is 13.4.